The molecule has 0 atom stereocenters. The molecule has 3 heteroatoms. The van der Waals surface area contributed by atoms with Crippen molar-refractivity contribution in [2.75, 3.05) is 39.3 Å². The molecule has 1 aromatic rings. The molecule has 2 N–H and O–H groups in total. The molecule has 0 bridgehead atoms. The van der Waals surface area contributed by atoms with Crippen LogP contribution < -0.4 is 10.6 Å². The Bertz CT molecular complexity index is 393. The van der Waals surface area contributed by atoms with E-state index in [4.69, 9.17) is 0 Å². The van der Waals surface area contributed by atoms with Gasteiger partial charge in [-0.15, -0.1) is 0 Å². The van der Waals surface area contributed by atoms with Gasteiger partial charge in [0.25, 0.3) is 0 Å². The van der Waals surface area contributed by atoms with Gasteiger partial charge in [-0.3, -0.25) is 4.90 Å². The van der Waals surface area contributed by atoms with E-state index < -0.39 is 0 Å². The Balaban J connectivity index is 1.64. The molecule has 0 spiro atoms. The van der Waals surface area contributed by atoms with Crippen molar-refractivity contribution in [2.45, 2.75) is 25.3 Å². The number of nitrogens with zero attached hydrogens (tertiary/aromatic N) is 1. The smallest absolute Gasteiger partial charge is 0.0234 e. The molecule has 0 amide bonds. The van der Waals surface area contributed by atoms with E-state index in [0.29, 0.717) is 0 Å². The molecule has 3 rings (SSSR count). The number of benzene rings is 1. The lowest BCUT2D eigenvalue weighted by Crippen LogP contribution is -2.42. The van der Waals surface area contributed by atoms with Gasteiger partial charge in [0.1, 0.15) is 0 Å². The van der Waals surface area contributed by atoms with E-state index >= 15 is 0 Å². The van der Waals surface area contributed by atoms with Crippen molar-refractivity contribution in [3.05, 3.63) is 35.4 Å². The first-order valence-electron chi connectivity index (χ1n) is 7.64. The average Bonchev–Trinajstić information content (AvgIpc) is 2.49. The van der Waals surface area contributed by atoms with Gasteiger partial charge in [0, 0.05) is 32.7 Å². The average molecular weight is 259 g/mol. The van der Waals surface area contributed by atoms with Gasteiger partial charge in [-0.1, -0.05) is 24.3 Å². The standard InChI is InChI=1S/C16H25N3/c1-2-14(13-19-10-8-18-9-11-19)12-16(3-1)15-4-6-17-7-5-15/h1-3,12,15,17-18H,4-11,13H2. The van der Waals surface area contributed by atoms with Crippen LogP contribution in [-0.4, -0.2) is 44.2 Å². The summed E-state index contributed by atoms with van der Waals surface area (Å²) in [6.07, 6.45) is 2.58. The van der Waals surface area contributed by atoms with Crippen molar-refractivity contribution >= 4 is 0 Å². The summed E-state index contributed by atoms with van der Waals surface area (Å²) in [5.74, 6) is 0.768. The molecule has 104 valence electrons. The van der Waals surface area contributed by atoms with Crippen LogP contribution in [0, 0.1) is 0 Å². The summed E-state index contributed by atoms with van der Waals surface area (Å²) in [6, 6.07) is 9.29. The first kappa shape index (κ1) is 13.1. The number of hydrogen-bond acceptors (Lipinski definition) is 3. The number of piperidine rings is 1. The minimum absolute atomic E-state index is 0.768. The summed E-state index contributed by atoms with van der Waals surface area (Å²) in [4.78, 5) is 2.55. The summed E-state index contributed by atoms with van der Waals surface area (Å²) in [5, 5.41) is 6.86. The second kappa shape index (κ2) is 6.51. The van der Waals surface area contributed by atoms with Crippen LogP contribution >= 0.6 is 0 Å². The molecule has 2 aliphatic rings. The number of hydrogen-bond donors (Lipinski definition) is 2. The number of nitrogens with one attached hydrogen (secondary N) is 2. The van der Waals surface area contributed by atoms with Gasteiger partial charge in [-0.05, 0) is 43.0 Å². The Labute approximate surface area is 116 Å². The summed E-state index contributed by atoms with van der Waals surface area (Å²) in [6.45, 7) is 8.08. The SMILES string of the molecule is c1cc(CN2CCNCC2)cc(C2CCNCC2)c1. The van der Waals surface area contributed by atoms with Gasteiger partial charge in [0.15, 0.2) is 0 Å². The quantitative estimate of drug-likeness (QED) is 0.862. The minimum Gasteiger partial charge on any atom is -0.317 e. The molecule has 19 heavy (non-hydrogen) atoms. The monoisotopic (exact) mass is 259 g/mol. The normalized spacial score (nSPS) is 22.5. The van der Waals surface area contributed by atoms with Crippen molar-refractivity contribution in [2.24, 2.45) is 0 Å². The fraction of sp³-hybridized carbons (Fsp3) is 0.625. The van der Waals surface area contributed by atoms with Crippen LogP contribution in [0.15, 0.2) is 24.3 Å². The summed E-state index contributed by atoms with van der Waals surface area (Å²) in [5.41, 5.74) is 3.03. The van der Waals surface area contributed by atoms with Crippen LogP contribution in [0.5, 0.6) is 0 Å². The molecule has 2 aliphatic heterocycles. The second-order valence-electron chi connectivity index (χ2n) is 5.80. The van der Waals surface area contributed by atoms with Crippen molar-refractivity contribution < 1.29 is 0 Å². The predicted molar refractivity (Wildman–Crippen MR) is 79.4 cm³/mol. The van der Waals surface area contributed by atoms with Gasteiger partial charge >= 0.3 is 0 Å². The van der Waals surface area contributed by atoms with Crippen molar-refractivity contribution in [1.29, 1.82) is 0 Å². The highest BCUT2D eigenvalue weighted by molar-refractivity contribution is 5.27. The fourth-order valence-electron chi connectivity index (χ4n) is 3.23. The van der Waals surface area contributed by atoms with Crippen molar-refractivity contribution in [3.63, 3.8) is 0 Å². The topological polar surface area (TPSA) is 27.3 Å². The Kier molecular flexibility index (Phi) is 4.49. The zero-order valence-corrected chi connectivity index (χ0v) is 11.7. The first-order valence-corrected chi connectivity index (χ1v) is 7.64. The Hall–Kier alpha value is -0.900. The summed E-state index contributed by atoms with van der Waals surface area (Å²) in [7, 11) is 0. The van der Waals surface area contributed by atoms with Crippen LogP contribution in [-0.2, 0) is 6.54 Å². The lowest BCUT2D eigenvalue weighted by molar-refractivity contribution is 0.233. The minimum atomic E-state index is 0.768. The van der Waals surface area contributed by atoms with E-state index in [-0.39, 0.29) is 0 Å². The van der Waals surface area contributed by atoms with Gasteiger partial charge in [0.05, 0.1) is 0 Å². The van der Waals surface area contributed by atoms with E-state index in [2.05, 4.69) is 39.8 Å². The molecular formula is C16H25N3. The van der Waals surface area contributed by atoms with Crippen LogP contribution in [0.1, 0.15) is 29.9 Å². The molecular weight excluding hydrogens is 234 g/mol. The lowest BCUT2D eigenvalue weighted by Gasteiger charge is -2.28. The largest absolute Gasteiger partial charge is 0.317 e. The molecule has 1 aromatic carbocycles. The number of rotatable bonds is 3. The molecule has 2 fully saturated rings. The van der Waals surface area contributed by atoms with Gasteiger partial charge in [-0.25, -0.2) is 0 Å². The van der Waals surface area contributed by atoms with Gasteiger partial charge in [0.2, 0.25) is 0 Å². The molecule has 0 aromatic heterocycles. The Morgan fingerprint density at radius 3 is 2.53 bits per heavy atom. The Morgan fingerprint density at radius 1 is 1.00 bits per heavy atom. The maximum atomic E-state index is 3.45. The third kappa shape index (κ3) is 3.56. The van der Waals surface area contributed by atoms with Crippen LogP contribution in [0.3, 0.4) is 0 Å². The van der Waals surface area contributed by atoms with Gasteiger partial charge < -0.3 is 10.6 Å². The zero-order valence-electron chi connectivity index (χ0n) is 11.7. The highest BCUT2D eigenvalue weighted by atomic mass is 15.2. The highest BCUT2D eigenvalue weighted by Crippen LogP contribution is 2.26. The molecule has 0 unspecified atom stereocenters. The van der Waals surface area contributed by atoms with Crippen LogP contribution in [0.4, 0.5) is 0 Å². The van der Waals surface area contributed by atoms with E-state index in [0.717, 1.165) is 25.6 Å². The third-order valence-corrected chi connectivity index (χ3v) is 4.38. The second-order valence-corrected chi connectivity index (χ2v) is 5.80. The zero-order chi connectivity index (χ0) is 12.9. The van der Waals surface area contributed by atoms with Crippen LogP contribution in [0.2, 0.25) is 0 Å². The first-order chi connectivity index (χ1) is 9.42. The maximum absolute atomic E-state index is 3.45. The Morgan fingerprint density at radius 2 is 1.74 bits per heavy atom. The molecule has 0 aliphatic carbocycles. The fourth-order valence-corrected chi connectivity index (χ4v) is 3.23. The van der Waals surface area contributed by atoms with Gasteiger partial charge in [-0.2, -0.15) is 0 Å². The molecule has 0 saturated carbocycles. The van der Waals surface area contributed by atoms with E-state index in [1.165, 1.54) is 44.6 Å². The van der Waals surface area contributed by atoms with Crippen LogP contribution in [0.25, 0.3) is 0 Å². The van der Waals surface area contributed by atoms with E-state index in [1.807, 2.05) is 0 Å². The molecule has 3 nitrogen and oxygen atoms in total. The summed E-state index contributed by atoms with van der Waals surface area (Å²) >= 11 is 0. The molecule has 2 saturated heterocycles. The molecule has 0 radical (unpaired) electrons. The predicted octanol–water partition coefficient (Wildman–Crippen LogP) is 1.56. The van der Waals surface area contributed by atoms with Crippen molar-refractivity contribution in [3.8, 4) is 0 Å². The lowest BCUT2D eigenvalue weighted by atomic mass is 9.89. The summed E-state index contributed by atoms with van der Waals surface area (Å²) < 4.78 is 0. The van der Waals surface area contributed by atoms with Crippen molar-refractivity contribution in [1.82, 2.24) is 15.5 Å². The van der Waals surface area contributed by atoms with E-state index in [9.17, 15) is 0 Å². The molecule has 2 heterocycles. The third-order valence-electron chi connectivity index (χ3n) is 4.38. The maximum Gasteiger partial charge on any atom is 0.0234 e. The highest BCUT2D eigenvalue weighted by Gasteiger charge is 2.16. The van der Waals surface area contributed by atoms with E-state index in [1.54, 1.807) is 5.56 Å². The number of piperazine rings is 1.